The summed E-state index contributed by atoms with van der Waals surface area (Å²) in [5, 5.41) is 6.81. The molecule has 3 rings (SSSR count). The number of furan rings is 1. The third kappa shape index (κ3) is 3.21. The summed E-state index contributed by atoms with van der Waals surface area (Å²) < 4.78 is 11.6. The average Bonchev–Trinajstić information content (AvgIpc) is 3.15. The van der Waals surface area contributed by atoms with Gasteiger partial charge in [-0.1, -0.05) is 0 Å². The molecule has 0 saturated carbocycles. The van der Waals surface area contributed by atoms with E-state index in [0.29, 0.717) is 22.9 Å². The largest absolute Gasteiger partial charge is 0.465 e. The maximum Gasteiger partial charge on any atom is 0.341 e. The van der Waals surface area contributed by atoms with Crippen molar-refractivity contribution in [2.24, 2.45) is 0 Å². The van der Waals surface area contributed by atoms with E-state index in [1.165, 1.54) is 17.7 Å². The lowest BCUT2D eigenvalue weighted by Gasteiger charge is -1.99. The minimum Gasteiger partial charge on any atom is -0.465 e. The van der Waals surface area contributed by atoms with Crippen molar-refractivity contribution in [3.63, 3.8) is 0 Å². The Balaban J connectivity index is 1.75. The summed E-state index contributed by atoms with van der Waals surface area (Å²) in [6.45, 7) is 5.45. The molecule has 3 aromatic heterocycles. The summed E-state index contributed by atoms with van der Waals surface area (Å²) in [5.74, 6) is 0.286. The molecule has 130 valence electrons. The molecule has 1 N–H and O–H groups in total. The summed E-state index contributed by atoms with van der Waals surface area (Å²) >= 11 is 0. The number of hydrogen-bond acceptors (Lipinski definition) is 7. The number of methoxy groups -OCH3 is 1. The number of aryl methyl sites for hydroxylation is 3. The topological polar surface area (TPSA) is 112 Å². The summed E-state index contributed by atoms with van der Waals surface area (Å²) in [4.78, 5) is 32.2. The van der Waals surface area contributed by atoms with Crippen molar-refractivity contribution in [2.45, 2.75) is 27.3 Å². The number of hydrogen-bond donors (Lipinski definition) is 1. The number of nitrogens with zero attached hydrogens (tertiary/aromatic N) is 4. The highest BCUT2D eigenvalue weighted by Gasteiger charge is 2.18. The van der Waals surface area contributed by atoms with Crippen LogP contribution in [0, 0.1) is 20.8 Å². The quantitative estimate of drug-likeness (QED) is 0.712. The molecule has 0 spiro atoms. The number of aromatic nitrogens is 4. The molecule has 0 radical (unpaired) electrons. The highest BCUT2D eigenvalue weighted by Crippen LogP contribution is 2.15. The van der Waals surface area contributed by atoms with Crippen LogP contribution in [-0.2, 0) is 11.3 Å². The van der Waals surface area contributed by atoms with Gasteiger partial charge in [0.1, 0.15) is 17.1 Å². The Morgan fingerprint density at radius 2 is 2.00 bits per heavy atom. The van der Waals surface area contributed by atoms with Gasteiger partial charge in [0.2, 0.25) is 5.82 Å². The maximum atomic E-state index is 12.3. The average molecular weight is 343 g/mol. The smallest absolute Gasteiger partial charge is 0.341 e. The van der Waals surface area contributed by atoms with Crippen molar-refractivity contribution in [2.75, 3.05) is 7.11 Å². The van der Waals surface area contributed by atoms with Crippen LogP contribution in [0.2, 0.25) is 0 Å². The van der Waals surface area contributed by atoms with Gasteiger partial charge in [-0.25, -0.2) is 14.3 Å². The van der Waals surface area contributed by atoms with E-state index in [1.807, 2.05) is 19.9 Å². The molecule has 0 unspecified atom stereocenters. The monoisotopic (exact) mass is 343 g/mol. The Morgan fingerprint density at radius 3 is 2.72 bits per heavy atom. The van der Waals surface area contributed by atoms with E-state index in [1.54, 1.807) is 6.92 Å². The van der Waals surface area contributed by atoms with Gasteiger partial charge in [0.25, 0.3) is 11.7 Å². The number of carbonyl (C=O) groups is 2. The number of nitrogens with one attached hydrogen (secondary N) is 1. The van der Waals surface area contributed by atoms with E-state index in [9.17, 15) is 9.59 Å². The van der Waals surface area contributed by atoms with Crippen LogP contribution < -0.4 is 5.32 Å². The third-order valence-electron chi connectivity index (χ3n) is 3.62. The molecule has 0 atom stereocenters. The van der Waals surface area contributed by atoms with Crippen LogP contribution in [0.1, 0.15) is 43.9 Å². The van der Waals surface area contributed by atoms with Crippen LogP contribution in [0.4, 0.5) is 0 Å². The zero-order valence-electron chi connectivity index (χ0n) is 14.3. The normalized spacial score (nSPS) is 10.9. The summed E-state index contributed by atoms with van der Waals surface area (Å²) in [7, 11) is 1.29. The SMILES string of the molecule is COC(=O)c1cc(CNC(=O)c2nc3nc(C)cc(C)n3n2)oc1C. The fourth-order valence-electron chi connectivity index (χ4n) is 2.45. The second kappa shape index (κ2) is 6.34. The summed E-state index contributed by atoms with van der Waals surface area (Å²) in [5.41, 5.74) is 1.96. The molecule has 1 amide bonds. The fraction of sp³-hybridized carbons (Fsp3) is 0.312. The number of esters is 1. The van der Waals surface area contributed by atoms with Crippen molar-refractivity contribution >= 4 is 17.7 Å². The molecule has 3 aromatic rings. The second-order valence-corrected chi connectivity index (χ2v) is 5.54. The van der Waals surface area contributed by atoms with Gasteiger partial charge < -0.3 is 14.5 Å². The minimum absolute atomic E-state index is 0.0117. The Hall–Kier alpha value is -3.23. The van der Waals surface area contributed by atoms with Gasteiger partial charge in [-0.3, -0.25) is 4.79 Å². The molecule has 3 heterocycles. The maximum absolute atomic E-state index is 12.3. The van der Waals surface area contributed by atoms with Gasteiger partial charge in [0.15, 0.2) is 0 Å². The van der Waals surface area contributed by atoms with E-state index in [4.69, 9.17) is 4.42 Å². The van der Waals surface area contributed by atoms with Crippen LogP contribution in [0.25, 0.3) is 5.78 Å². The first-order valence-corrected chi connectivity index (χ1v) is 7.56. The standard InChI is InChI=1S/C16H17N5O4/c1-8-5-9(2)21-16(18-8)19-13(20-21)14(22)17-7-11-6-12(10(3)25-11)15(23)24-4/h5-6H,7H2,1-4H3,(H,17,22). The van der Waals surface area contributed by atoms with Gasteiger partial charge in [-0.2, -0.15) is 4.98 Å². The van der Waals surface area contributed by atoms with Crippen LogP contribution >= 0.6 is 0 Å². The molecule has 0 bridgehead atoms. The molecule has 9 heteroatoms. The zero-order valence-corrected chi connectivity index (χ0v) is 14.3. The Labute approximate surface area is 143 Å². The first kappa shape index (κ1) is 16.6. The van der Waals surface area contributed by atoms with Crippen molar-refractivity contribution < 1.29 is 18.7 Å². The number of fused-ring (bicyclic) bond motifs is 1. The molecule has 25 heavy (non-hydrogen) atoms. The molecular formula is C16H17N5O4. The zero-order chi connectivity index (χ0) is 18.1. The van der Waals surface area contributed by atoms with Gasteiger partial charge in [-0.15, -0.1) is 5.10 Å². The predicted molar refractivity (Wildman–Crippen MR) is 86.2 cm³/mol. The van der Waals surface area contributed by atoms with Gasteiger partial charge in [-0.05, 0) is 32.9 Å². The van der Waals surface area contributed by atoms with Gasteiger partial charge in [0.05, 0.1) is 13.7 Å². The summed E-state index contributed by atoms with van der Waals surface area (Å²) in [6.07, 6.45) is 0. The summed E-state index contributed by atoms with van der Waals surface area (Å²) in [6, 6.07) is 3.39. The number of carbonyl (C=O) groups excluding carboxylic acids is 2. The Kier molecular flexibility index (Phi) is 4.22. The highest BCUT2D eigenvalue weighted by molar-refractivity contribution is 5.91. The van der Waals surface area contributed by atoms with Crippen LogP contribution in [0.15, 0.2) is 16.5 Å². The molecular weight excluding hydrogens is 326 g/mol. The molecule has 0 saturated heterocycles. The fourth-order valence-corrected chi connectivity index (χ4v) is 2.45. The van der Waals surface area contributed by atoms with E-state index < -0.39 is 11.9 Å². The predicted octanol–water partition coefficient (Wildman–Crippen LogP) is 1.36. The van der Waals surface area contributed by atoms with Crippen molar-refractivity contribution in [1.29, 1.82) is 0 Å². The molecule has 0 fully saturated rings. The van der Waals surface area contributed by atoms with Crippen LogP contribution in [0.5, 0.6) is 0 Å². The Morgan fingerprint density at radius 1 is 1.24 bits per heavy atom. The number of amides is 1. The van der Waals surface area contributed by atoms with Crippen LogP contribution in [-0.4, -0.2) is 38.6 Å². The Bertz CT molecular complexity index is 972. The highest BCUT2D eigenvalue weighted by atomic mass is 16.5. The third-order valence-corrected chi connectivity index (χ3v) is 3.62. The van der Waals surface area contributed by atoms with E-state index in [0.717, 1.165) is 11.4 Å². The molecule has 0 aliphatic heterocycles. The molecule has 0 aromatic carbocycles. The molecule has 9 nitrogen and oxygen atoms in total. The van der Waals surface area contributed by atoms with Gasteiger partial charge >= 0.3 is 5.97 Å². The molecule has 0 aliphatic carbocycles. The van der Waals surface area contributed by atoms with E-state index in [2.05, 4.69) is 25.1 Å². The minimum atomic E-state index is -0.488. The van der Waals surface area contributed by atoms with Crippen molar-refractivity contribution in [3.05, 3.63) is 46.4 Å². The van der Waals surface area contributed by atoms with Gasteiger partial charge in [0, 0.05) is 11.4 Å². The van der Waals surface area contributed by atoms with Crippen molar-refractivity contribution in [3.8, 4) is 0 Å². The second-order valence-electron chi connectivity index (χ2n) is 5.54. The lowest BCUT2D eigenvalue weighted by molar-refractivity contribution is 0.0598. The first-order chi connectivity index (χ1) is 11.9. The number of ether oxygens (including phenoxy) is 1. The lowest BCUT2D eigenvalue weighted by atomic mass is 10.2. The van der Waals surface area contributed by atoms with Crippen molar-refractivity contribution in [1.82, 2.24) is 24.9 Å². The van der Waals surface area contributed by atoms with E-state index >= 15 is 0 Å². The lowest BCUT2D eigenvalue weighted by Crippen LogP contribution is -2.23. The van der Waals surface area contributed by atoms with Crippen LogP contribution in [0.3, 0.4) is 0 Å². The number of rotatable bonds is 4. The molecule has 0 aliphatic rings. The first-order valence-electron chi connectivity index (χ1n) is 7.56. The van der Waals surface area contributed by atoms with E-state index in [-0.39, 0.29) is 12.4 Å².